The van der Waals surface area contributed by atoms with Crippen molar-refractivity contribution in [3.63, 3.8) is 0 Å². The number of fused-ring (bicyclic) bond motifs is 1. The normalized spacial score (nSPS) is 22.2. The van der Waals surface area contributed by atoms with E-state index in [4.69, 9.17) is 0 Å². The van der Waals surface area contributed by atoms with Crippen LogP contribution in [0.1, 0.15) is 42.4 Å². The van der Waals surface area contributed by atoms with Crippen LogP contribution in [-0.4, -0.2) is 43.5 Å². The number of nitrogens with zero attached hydrogens (tertiary/aromatic N) is 1. The van der Waals surface area contributed by atoms with Gasteiger partial charge in [-0.15, -0.1) is 0 Å². The zero-order valence-corrected chi connectivity index (χ0v) is 13.0. The van der Waals surface area contributed by atoms with Crippen molar-refractivity contribution in [2.45, 2.75) is 32.2 Å². The van der Waals surface area contributed by atoms with Crippen molar-refractivity contribution in [1.29, 1.82) is 0 Å². The van der Waals surface area contributed by atoms with Crippen LogP contribution in [0.3, 0.4) is 0 Å². The number of amides is 1. The molecule has 4 heteroatoms. The predicted octanol–water partition coefficient (Wildman–Crippen LogP) is 1.43. The van der Waals surface area contributed by atoms with Gasteiger partial charge in [0.05, 0.1) is 5.92 Å². The average Bonchev–Trinajstić information content (AvgIpc) is 2.54. The molecule has 2 aliphatic rings. The Morgan fingerprint density at radius 1 is 1.24 bits per heavy atom. The van der Waals surface area contributed by atoms with Crippen LogP contribution < -0.4 is 10.6 Å². The fraction of sp³-hybridized carbons (Fsp3) is 0.588. The number of hydrogen-bond acceptors (Lipinski definition) is 3. The van der Waals surface area contributed by atoms with Crippen LogP contribution in [-0.2, 0) is 11.3 Å². The maximum absolute atomic E-state index is 12.8. The molecule has 2 heterocycles. The van der Waals surface area contributed by atoms with Crippen molar-refractivity contribution in [1.82, 2.24) is 15.5 Å². The quantitative estimate of drug-likeness (QED) is 0.865. The van der Waals surface area contributed by atoms with Crippen molar-refractivity contribution < 1.29 is 4.79 Å². The number of carbonyl (C=O) groups is 1. The fourth-order valence-electron chi connectivity index (χ4n) is 3.26. The van der Waals surface area contributed by atoms with E-state index in [0.717, 1.165) is 39.3 Å². The summed E-state index contributed by atoms with van der Waals surface area (Å²) in [6, 6.07) is 6.63. The smallest absolute Gasteiger partial charge is 0.231 e. The molecular formula is C17H25N3O. The first-order valence-electron chi connectivity index (χ1n) is 7.99. The Balaban J connectivity index is 1.84. The maximum atomic E-state index is 12.8. The van der Waals surface area contributed by atoms with E-state index in [1.54, 1.807) is 0 Å². The first-order valence-corrected chi connectivity index (χ1v) is 7.99. The molecule has 114 valence electrons. The van der Waals surface area contributed by atoms with Gasteiger partial charge in [-0.25, -0.2) is 0 Å². The van der Waals surface area contributed by atoms with Crippen LogP contribution in [0.4, 0.5) is 0 Å². The van der Waals surface area contributed by atoms with Gasteiger partial charge in [0.1, 0.15) is 0 Å². The van der Waals surface area contributed by atoms with Gasteiger partial charge in [0, 0.05) is 39.3 Å². The number of piperazine rings is 1. The van der Waals surface area contributed by atoms with E-state index in [1.807, 2.05) is 4.90 Å². The number of carbonyl (C=O) groups excluding carboxylic acids is 1. The Hall–Kier alpha value is -1.39. The van der Waals surface area contributed by atoms with Crippen molar-refractivity contribution in [3.8, 4) is 0 Å². The molecule has 1 aromatic rings. The second-order valence-corrected chi connectivity index (χ2v) is 6.37. The molecule has 3 rings (SSSR count). The van der Waals surface area contributed by atoms with E-state index in [1.165, 1.54) is 16.7 Å². The molecule has 1 amide bonds. The Kier molecular flexibility index (Phi) is 4.27. The first kappa shape index (κ1) is 14.5. The maximum Gasteiger partial charge on any atom is 0.231 e. The third-order valence-corrected chi connectivity index (χ3v) is 4.60. The summed E-state index contributed by atoms with van der Waals surface area (Å²) < 4.78 is 0. The highest BCUT2D eigenvalue weighted by Gasteiger charge is 2.30. The minimum absolute atomic E-state index is 0.0203. The molecule has 0 radical (unpaired) electrons. The molecule has 0 saturated carbocycles. The summed E-state index contributed by atoms with van der Waals surface area (Å²) >= 11 is 0. The molecule has 1 fully saturated rings. The zero-order chi connectivity index (χ0) is 14.8. The standard InChI is InChI=1S/C17H25N3O/c1-12(2)13-3-4-15-14(9-13)10-19-11-16(15)17(21)20-7-5-18-6-8-20/h3-4,9,12,16,18-19H,5-8,10-11H2,1-2H3. The number of hydrogen-bond donors (Lipinski definition) is 2. The van der Waals surface area contributed by atoms with E-state index >= 15 is 0 Å². The number of nitrogens with one attached hydrogen (secondary N) is 2. The summed E-state index contributed by atoms with van der Waals surface area (Å²) in [6.45, 7) is 9.53. The average molecular weight is 287 g/mol. The van der Waals surface area contributed by atoms with Gasteiger partial charge in [-0.05, 0) is 22.6 Å². The van der Waals surface area contributed by atoms with Crippen LogP contribution in [0, 0.1) is 0 Å². The first-order chi connectivity index (χ1) is 10.2. The molecule has 1 atom stereocenters. The predicted molar refractivity (Wildman–Crippen MR) is 84.4 cm³/mol. The molecular weight excluding hydrogens is 262 g/mol. The molecule has 21 heavy (non-hydrogen) atoms. The number of benzene rings is 1. The van der Waals surface area contributed by atoms with Crippen molar-refractivity contribution >= 4 is 5.91 Å². The highest BCUT2D eigenvalue weighted by molar-refractivity contribution is 5.85. The van der Waals surface area contributed by atoms with E-state index in [-0.39, 0.29) is 11.8 Å². The number of rotatable bonds is 2. The second kappa shape index (κ2) is 6.16. The summed E-state index contributed by atoms with van der Waals surface area (Å²) in [7, 11) is 0. The molecule has 0 aromatic heterocycles. The van der Waals surface area contributed by atoms with Gasteiger partial charge in [-0.1, -0.05) is 32.0 Å². The minimum Gasteiger partial charge on any atom is -0.340 e. The third kappa shape index (κ3) is 2.97. The molecule has 4 nitrogen and oxygen atoms in total. The van der Waals surface area contributed by atoms with E-state index in [2.05, 4.69) is 42.7 Å². The highest BCUT2D eigenvalue weighted by atomic mass is 16.2. The van der Waals surface area contributed by atoms with Crippen molar-refractivity contribution in [2.75, 3.05) is 32.7 Å². The Labute approximate surface area is 126 Å². The second-order valence-electron chi connectivity index (χ2n) is 6.37. The van der Waals surface area contributed by atoms with Crippen molar-refractivity contribution in [3.05, 3.63) is 34.9 Å². The topological polar surface area (TPSA) is 44.4 Å². The van der Waals surface area contributed by atoms with E-state index < -0.39 is 0 Å². The van der Waals surface area contributed by atoms with Crippen LogP contribution in [0.15, 0.2) is 18.2 Å². The summed E-state index contributed by atoms with van der Waals surface area (Å²) in [5.74, 6) is 0.787. The van der Waals surface area contributed by atoms with Crippen LogP contribution in [0.5, 0.6) is 0 Å². The molecule has 2 N–H and O–H groups in total. The van der Waals surface area contributed by atoms with Gasteiger partial charge in [-0.3, -0.25) is 4.79 Å². The van der Waals surface area contributed by atoms with Gasteiger partial charge < -0.3 is 15.5 Å². The van der Waals surface area contributed by atoms with Gasteiger partial charge in [0.15, 0.2) is 0 Å². The van der Waals surface area contributed by atoms with Gasteiger partial charge >= 0.3 is 0 Å². The SMILES string of the molecule is CC(C)c1ccc2c(c1)CNCC2C(=O)N1CCNCC1. The molecule has 1 unspecified atom stereocenters. The van der Waals surface area contributed by atoms with E-state index in [0.29, 0.717) is 5.92 Å². The summed E-state index contributed by atoms with van der Waals surface area (Å²) in [6.07, 6.45) is 0. The summed E-state index contributed by atoms with van der Waals surface area (Å²) in [5, 5.41) is 6.72. The lowest BCUT2D eigenvalue weighted by Crippen LogP contribution is -2.50. The highest BCUT2D eigenvalue weighted by Crippen LogP contribution is 2.28. The van der Waals surface area contributed by atoms with Gasteiger partial charge in [-0.2, -0.15) is 0 Å². The lowest BCUT2D eigenvalue weighted by atomic mass is 9.87. The third-order valence-electron chi connectivity index (χ3n) is 4.60. The molecule has 0 bridgehead atoms. The van der Waals surface area contributed by atoms with Gasteiger partial charge in [0.25, 0.3) is 0 Å². The Morgan fingerprint density at radius 3 is 2.71 bits per heavy atom. The summed E-state index contributed by atoms with van der Waals surface area (Å²) in [4.78, 5) is 14.8. The molecule has 0 aliphatic carbocycles. The molecule has 0 spiro atoms. The minimum atomic E-state index is -0.0203. The lowest BCUT2D eigenvalue weighted by molar-refractivity contribution is -0.133. The van der Waals surface area contributed by atoms with Gasteiger partial charge in [0.2, 0.25) is 5.91 Å². The molecule has 2 aliphatic heterocycles. The Bertz CT molecular complexity index is 521. The van der Waals surface area contributed by atoms with Crippen molar-refractivity contribution in [2.24, 2.45) is 0 Å². The van der Waals surface area contributed by atoms with Crippen LogP contribution in [0.2, 0.25) is 0 Å². The van der Waals surface area contributed by atoms with Crippen LogP contribution >= 0.6 is 0 Å². The summed E-state index contributed by atoms with van der Waals surface area (Å²) in [5.41, 5.74) is 3.87. The largest absolute Gasteiger partial charge is 0.340 e. The lowest BCUT2D eigenvalue weighted by Gasteiger charge is -2.34. The van der Waals surface area contributed by atoms with E-state index in [9.17, 15) is 4.79 Å². The zero-order valence-electron chi connectivity index (χ0n) is 13.0. The molecule has 1 saturated heterocycles. The molecule has 1 aromatic carbocycles. The Morgan fingerprint density at radius 2 is 2.00 bits per heavy atom. The fourth-order valence-corrected chi connectivity index (χ4v) is 3.26. The monoisotopic (exact) mass is 287 g/mol. The van der Waals surface area contributed by atoms with Crippen LogP contribution in [0.25, 0.3) is 0 Å².